The second-order valence-corrected chi connectivity index (χ2v) is 6.68. The fourth-order valence-electron chi connectivity index (χ4n) is 1.75. The Morgan fingerprint density at radius 3 is 2.48 bits per heavy atom. The van der Waals surface area contributed by atoms with Crippen LogP contribution in [-0.2, 0) is 5.41 Å². The molecule has 0 fully saturated rings. The van der Waals surface area contributed by atoms with E-state index in [1.54, 1.807) is 12.1 Å². The number of likely N-dealkylation sites (N-methyl/N-ethyl adjacent to an activating group) is 1. The van der Waals surface area contributed by atoms with Gasteiger partial charge in [-0.25, -0.2) is 9.78 Å². The van der Waals surface area contributed by atoms with Crippen LogP contribution in [0.3, 0.4) is 0 Å². The molecule has 1 rings (SSSR count). The van der Waals surface area contributed by atoms with Crippen molar-refractivity contribution in [2.45, 2.75) is 46.1 Å². The van der Waals surface area contributed by atoms with Crippen LogP contribution in [0.5, 0.6) is 0 Å². The average Bonchev–Trinajstić information content (AvgIpc) is 2.37. The van der Waals surface area contributed by atoms with Crippen LogP contribution in [0.15, 0.2) is 12.1 Å². The number of carbonyl (C=O) groups is 1. The maximum Gasteiger partial charge on any atom is 0.335 e. The van der Waals surface area contributed by atoms with Crippen LogP contribution in [0.2, 0.25) is 0 Å². The summed E-state index contributed by atoms with van der Waals surface area (Å²) in [6.07, 6.45) is 0. The lowest BCUT2D eigenvalue weighted by atomic mass is 9.91. The van der Waals surface area contributed by atoms with Crippen molar-refractivity contribution in [3.05, 3.63) is 23.4 Å². The van der Waals surface area contributed by atoms with E-state index < -0.39 is 5.97 Å². The normalized spacial score (nSPS) is 12.0. The zero-order chi connectivity index (χ0) is 16.2. The van der Waals surface area contributed by atoms with Crippen molar-refractivity contribution >= 4 is 11.8 Å². The molecule has 5 nitrogen and oxygen atoms in total. The summed E-state index contributed by atoms with van der Waals surface area (Å²) < 4.78 is 0. The van der Waals surface area contributed by atoms with Crippen molar-refractivity contribution in [2.24, 2.45) is 0 Å². The quantitative estimate of drug-likeness (QED) is 0.844. The monoisotopic (exact) mass is 293 g/mol. The van der Waals surface area contributed by atoms with Gasteiger partial charge in [-0.1, -0.05) is 20.8 Å². The number of anilines is 1. The molecule has 0 spiro atoms. The summed E-state index contributed by atoms with van der Waals surface area (Å²) in [5.74, 6) is -0.303. The molecule has 2 N–H and O–H groups in total. The molecule has 0 atom stereocenters. The standard InChI is InChI=1S/C16H27N3O2/c1-11(2)19(6)8-7-17-14-10-12(15(20)21)9-13(18-14)16(3,4)5/h9-11H,7-8H2,1-6H3,(H,17,18)(H,20,21). The molecule has 0 saturated carbocycles. The number of carboxylic acid groups (broad SMARTS) is 1. The molecule has 5 heteroatoms. The minimum atomic E-state index is -0.926. The lowest BCUT2D eigenvalue weighted by molar-refractivity contribution is 0.0696. The van der Waals surface area contributed by atoms with Crippen LogP contribution < -0.4 is 5.32 Å². The molecule has 118 valence electrons. The molecule has 0 unspecified atom stereocenters. The Balaban J connectivity index is 2.86. The first kappa shape index (κ1) is 17.4. The lowest BCUT2D eigenvalue weighted by Crippen LogP contribution is -2.31. The third-order valence-electron chi connectivity index (χ3n) is 3.49. The fourth-order valence-corrected chi connectivity index (χ4v) is 1.75. The van der Waals surface area contributed by atoms with Crippen LogP contribution in [0.25, 0.3) is 0 Å². The topological polar surface area (TPSA) is 65.5 Å². The number of rotatable bonds is 6. The van der Waals surface area contributed by atoms with Gasteiger partial charge in [0.2, 0.25) is 0 Å². The summed E-state index contributed by atoms with van der Waals surface area (Å²) in [6, 6.07) is 3.72. The van der Waals surface area contributed by atoms with Gasteiger partial charge >= 0.3 is 5.97 Å². The maximum absolute atomic E-state index is 11.2. The van der Waals surface area contributed by atoms with Gasteiger partial charge in [0.1, 0.15) is 5.82 Å². The highest BCUT2D eigenvalue weighted by Gasteiger charge is 2.19. The van der Waals surface area contributed by atoms with Crippen molar-refractivity contribution in [3.8, 4) is 0 Å². The van der Waals surface area contributed by atoms with E-state index in [2.05, 4.69) is 36.1 Å². The Morgan fingerprint density at radius 2 is 2.00 bits per heavy atom. The Bertz CT molecular complexity index is 493. The Labute approximate surface area is 127 Å². The molecular formula is C16H27N3O2. The number of hydrogen-bond donors (Lipinski definition) is 2. The van der Waals surface area contributed by atoms with E-state index in [1.165, 1.54) is 0 Å². The zero-order valence-corrected chi connectivity index (χ0v) is 13.9. The largest absolute Gasteiger partial charge is 0.478 e. The highest BCUT2D eigenvalue weighted by atomic mass is 16.4. The molecular weight excluding hydrogens is 266 g/mol. The second kappa shape index (κ2) is 6.89. The van der Waals surface area contributed by atoms with Gasteiger partial charge in [0.15, 0.2) is 0 Å². The predicted molar refractivity (Wildman–Crippen MR) is 86.2 cm³/mol. The van der Waals surface area contributed by atoms with Crippen molar-refractivity contribution in [3.63, 3.8) is 0 Å². The van der Waals surface area contributed by atoms with Crippen LogP contribution in [0.4, 0.5) is 5.82 Å². The minimum Gasteiger partial charge on any atom is -0.478 e. The van der Waals surface area contributed by atoms with Crippen LogP contribution in [0.1, 0.15) is 50.7 Å². The number of aromatic nitrogens is 1. The van der Waals surface area contributed by atoms with E-state index in [1.807, 2.05) is 20.8 Å². The zero-order valence-electron chi connectivity index (χ0n) is 13.9. The number of nitrogens with one attached hydrogen (secondary N) is 1. The molecule has 0 saturated heterocycles. The summed E-state index contributed by atoms with van der Waals surface area (Å²) >= 11 is 0. The van der Waals surface area contributed by atoms with E-state index in [9.17, 15) is 9.90 Å². The summed E-state index contributed by atoms with van der Waals surface area (Å²) in [7, 11) is 2.06. The molecule has 0 aliphatic heterocycles. The fraction of sp³-hybridized carbons (Fsp3) is 0.625. The van der Waals surface area contributed by atoms with E-state index in [0.29, 0.717) is 11.9 Å². The van der Waals surface area contributed by atoms with Gasteiger partial charge < -0.3 is 15.3 Å². The highest BCUT2D eigenvalue weighted by molar-refractivity contribution is 5.88. The van der Waals surface area contributed by atoms with E-state index in [-0.39, 0.29) is 11.0 Å². The first-order valence-corrected chi connectivity index (χ1v) is 7.31. The van der Waals surface area contributed by atoms with Crippen molar-refractivity contribution in [2.75, 3.05) is 25.5 Å². The molecule has 1 heterocycles. The number of carboxylic acids is 1. The first-order valence-electron chi connectivity index (χ1n) is 7.31. The molecule has 0 bridgehead atoms. The molecule has 1 aromatic rings. The maximum atomic E-state index is 11.2. The van der Waals surface area contributed by atoms with Gasteiger partial charge in [-0.3, -0.25) is 0 Å². The molecule has 0 aliphatic carbocycles. The third kappa shape index (κ3) is 5.34. The molecule has 0 aliphatic rings. The summed E-state index contributed by atoms with van der Waals surface area (Å²) in [6.45, 7) is 12.0. The lowest BCUT2D eigenvalue weighted by Gasteiger charge is -2.22. The summed E-state index contributed by atoms with van der Waals surface area (Å²) in [4.78, 5) is 18.0. The second-order valence-electron chi connectivity index (χ2n) is 6.68. The van der Waals surface area contributed by atoms with Gasteiger partial charge in [-0.2, -0.15) is 0 Å². The number of pyridine rings is 1. The van der Waals surface area contributed by atoms with Gasteiger partial charge in [0.05, 0.1) is 5.56 Å². The van der Waals surface area contributed by atoms with Crippen LogP contribution in [-0.4, -0.2) is 47.1 Å². The van der Waals surface area contributed by atoms with Crippen molar-refractivity contribution in [1.29, 1.82) is 0 Å². The molecule has 0 aromatic carbocycles. The van der Waals surface area contributed by atoms with Crippen molar-refractivity contribution in [1.82, 2.24) is 9.88 Å². The molecule has 21 heavy (non-hydrogen) atoms. The highest BCUT2D eigenvalue weighted by Crippen LogP contribution is 2.23. The first-order chi connectivity index (χ1) is 9.61. The van der Waals surface area contributed by atoms with Crippen molar-refractivity contribution < 1.29 is 9.90 Å². The van der Waals surface area contributed by atoms with Gasteiger partial charge in [-0.05, 0) is 33.0 Å². The average molecular weight is 293 g/mol. The molecule has 0 amide bonds. The van der Waals surface area contributed by atoms with Crippen LogP contribution in [0, 0.1) is 0 Å². The number of nitrogens with zero attached hydrogens (tertiary/aromatic N) is 2. The number of aromatic carboxylic acids is 1. The number of hydrogen-bond acceptors (Lipinski definition) is 4. The van der Waals surface area contributed by atoms with Crippen LogP contribution >= 0.6 is 0 Å². The van der Waals surface area contributed by atoms with Gasteiger partial charge in [0.25, 0.3) is 0 Å². The molecule has 1 aromatic heterocycles. The SMILES string of the molecule is CC(C)N(C)CCNc1cc(C(=O)O)cc(C(C)(C)C)n1. The Hall–Kier alpha value is -1.62. The minimum absolute atomic E-state index is 0.184. The smallest absolute Gasteiger partial charge is 0.335 e. The van der Waals surface area contributed by atoms with E-state index in [4.69, 9.17) is 0 Å². The molecule has 0 radical (unpaired) electrons. The van der Waals surface area contributed by atoms with Gasteiger partial charge in [-0.15, -0.1) is 0 Å². The van der Waals surface area contributed by atoms with E-state index >= 15 is 0 Å². The summed E-state index contributed by atoms with van der Waals surface area (Å²) in [5.41, 5.74) is 0.869. The van der Waals surface area contributed by atoms with E-state index in [0.717, 1.165) is 18.8 Å². The van der Waals surface area contributed by atoms with Gasteiger partial charge in [0, 0.05) is 30.2 Å². The third-order valence-corrected chi connectivity index (χ3v) is 3.49. The Kier molecular flexibility index (Phi) is 5.72. The predicted octanol–water partition coefficient (Wildman–Crippen LogP) is 2.83. The summed E-state index contributed by atoms with van der Waals surface area (Å²) in [5, 5.41) is 12.4. The Morgan fingerprint density at radius 1 is 1.38 bits per heavy atom.